The number of nitrogens with zero attached hydrogens (tertiary/aromatic N) is 1. The van der Waals surface area contributed by atoms with Crippen molar-refractivity contribution in [2.45, 2.75) is 45.7 Å². The minimum absolute atomic E-state index is 0.00815. The third-order valence-electron chi connectivity index (χ3n) is 1.97. The molecule has 0 aliphatic carbocycles. The predicted molar refractivity (Wildman–Crippen MR) is 49.7 cm³/mol. The standard InChI is InChI=1S/C10H14F3NO/c1-5(2)7-8(10(11,12)13)15-9(14-7)6(3)4/h5-6H,1-4H3. The molecular weight excluding hydrogens is 207 g/mol. The Bertz CT molecular complexity index is 339. The largest absolute Gasteiger partial charge is 0.451 e. The Morgan fingerprint density at radius 2 is 1.60 bits per heavy atom. The van der Waals surface area contributed by atoms with Gasteiger partial charge in [-0.05, 0) is 5.92 Å². The molecule has 0 aliphatic rings. The molecule has 0 fully saturated rings. The van der Waals surface area contributed by atoms with Crippen molar-refractivity contribution in [1.82, 2.24) is 4.98 Å². The van der Waals surface area contributed by atoms with Crippen LogP contribution >= 0.6 is 0 Å². The summed E-state index contributed by atoms with van der Waals surface area (Å²) in [6.45, 7) is 6.82. The second-order valence-electron chi connectivity index (χ2n) is 4.07. The maximum absolute atomic E-state index is 12.6. The summed E-state index contributed by atoms with van der Waals surface area (Å²) in [7, 11) is 0. The van der Waals surface area contributed by atoms with E-state index >= 15 is 0 Å². The maximum Gasteiger partial charge on any atom is 0.451 e. The van der Waals surface area contributed by atoms with Gasteiger partial charge in [0.15, 0.2) is 5.89 Å². The molecule has 0 radical (unpaired) electrons. The van der Waals surface area contributed by atoms with Crippen LogP contribution in [-0.4, -0.2) is 4.98 Å². The van der Waals surface area contributed by atoms with Crippen LogP contribution in [0.15, 0.2) is 4.42 Å². The van der Waals surface area contributed by atoms with Gasteiger partial charge in [-0.2, -0.15) is 13.2 Å². The van der Waals surface area contributed by atoms with Gasteiger partial charge in [-0.15, -0.1) is 0 Å². The number of rotatable bonds is 2. The molecule has 0 amide bonds. The van der Waals surface area contributed by atoms with Crippen molar-refractivity contribution in [3.63, 3.8) is 0 Å². The van der Waals surface area contributed by atoms with E-state index in [1.165, 1.54) is 0 Å². The first-order chi connectivity index (χ1) is 6.73. The first-order valence-corrected chi connectivity index (χ1v) is 4.81. The average molecular weight is 221 g/mol. The van der Waals surface area contributed by atoms with Gasteiger partial charge in [0.2, 0.25) is 5.76 Å². The van der Waals surface area contributed by atoms with Crippen molar-refractivity contribution in [3.8, 4) is 0 Å². The molecule has 0 saturated carbocycles. The van der Waals surface area contributed by atoms with E-state index in [0.717, 1.165) is 0 Å². The molecule has 1 aromatic rings. The smallest absolute Gasteiger partial charge is 0.436 e. The van der Waals surface area contributed by atoms with Crippen LogP contribution in [-0.2, 0) is 6.18 Å². The van der Waals surface area contributed by atoms with Crippen molar-refractivity contribution in [1.29, 1.82) is 0 Å². The summed E-state index contributed by atoms with van der Waals surface area (Å²) in [6, 6.07) is 0. The molecule has 5 heteroatoms. The second-order valence-corrected chi connectivity index (χ2v) is 4.07. The van der Waals surface area contributed by atoms with E-state index in [2.05, 4.69) is 4.98 Å². The quantitative estimate of drug-likeness (QED) is 0.755. The highest BCUT2D eigenvalue weighted by Gasteiger charge is 2.40. The highest BCUT2D eigenvalue weighted by molar-refractivity contribution is 5.17. The molecule has 0 unspecified atom stereocenters. The summed E-state index contributed by atoms with van der Waals surface area (Å²) >= 11 is 0. The van der Waals surface area contributed by atoms with Gasteiger partial charge in [-0.25, -0.2) is 4.98 Å². The number of hydrogen-bond donors (Lipinski definition) is 0. The van der Waals surface area contributed by atoms with Crippen LogP contribution in [0.4, 0.5) is 13.2 Å². The summed E-state index contributed by atoms with van der Waals surface area (Å²) in [6.07, 6.45) is -4.46. The molecule has 0 aliphatic heterocycles. The molecule has 15 heavy (non-hydrogen) atoms. The summed E-state index contributed by atoms with van der Waals surface area (Å²) < 4.78 is 42.4. The van der Waals surface area contributed by atoms with Gasteiger partial charge >= 0.3 is 6.18 Å². The molecule has 86 valence electrons. The molecule has 1 aromatic heterocycles. The molecule has 0 N–H and O–H groups in total. The Balaban J connectivity index is 3.24. The number of oxazole rings is 1. The van der Waals surface area contributed by atoms with E-state index in [1.807, 2.05) is 0 Å². The van der Waals surface area contributed by atoms with Crippen molar-refractivity contribution in [3.05, 3.63) is 17.3 Å². The van der Waals surface area contributed by atoms with Gasteiger partial charge in [0, 0.05) is 5.92 Å². The van der Waals surface area contributed by atoms with Gasteiger partial charge in [-0.1, -0.05) is 27.7 Å². The molecule has 0 atom stereocenters. The number of halogens is 3. The SMILES string of the molecule is CC(C)c1nc(C(C)C)c(C(F)(F)F)o1. The van der Waals surface area contributed by atoms with Gasteiger partial charge in [0.05, 0.1) is 5.69 Å². The number of hydrogen-bond acceptors (Lipinski definition) is 2. The molecule has 1 heterocycles. The third-order valence-corrected chi connectivity index (χ3v) is 1.97. The normalized spacial score (nSPS) is 12.9. The fourth-order valence-electron chi connectivity index (χ4n) is 1.19. The van der Waals surface area contributed by atoms with Crippen LogP contribution in [0.2, 0.25) is 0 Å². The van der Waals surface area contributed by atoms with Gasteiger partial charge in [0.25, 0.3) is 0 Å². The van der Waals surface area contributed by atoms with Crippen molar-refractivity contribution in [2.24, 2.45) is 0 Å². The number of alkyl halides is 3. The zero-order valence-electron chi connectivity index (χ0n) is 9.14. The van der Waals surface area contributed by atoms with E-state index in [4.69, 9.17) is 4.42 Å². The topological polar surface area (TPSA) is 26.0 Å². The van der Waals surface area contributed by atoms with Crippen LogP contribution < -0.4 is 0 Å². The fraction of sp³-hybridized carbons (Fsp3) is 0.700. The molecule has 0 spiro atoms. The molecular formula is C10H14F3NO. The summed E-state index contributed by atoms with van der Waals surface area (Å²) in [5.74, 6) is -1.25. The Hall–Kier alpha value is -1.00. The first kappa shape index (κ1) is 12.1. The van der Waals surface area contributed by atoms with Crippen LogP contribution in [0.3, 0.4) is 0 Å². The lowest BCUT2D eigenvalue weighted by molar-refractivity contribution is -0.154. The summed E-state index contributed by atoms with van der Waals surface area (Å²) in [5.41, 5.74) is -0.00815. The Labute approximate surface area is 86.5 Å². The molecule has 0 saturated heterocycles. The molecule has 2 nitrogen and oxygen atoms in total. The van der Waals surface area contributed by atoms with Gasteiger partial charge < -0.3 is 4.42 Å². The lowest BCUT2D eigenvalue weighted by atomic mass is 10.1. The van der Waals surface area contributed by atoms with Crippen molar-refractivity contribution < 1.29 is 17.6 Å². The average Bonchev–Trinajstić information content (AvgIpc) is 2.45. The van der Waals surface area contributed by atoms with Crippen LogP contribution in [0.5, 0.6) is 0 Å². The molecule has 1 rings (SSSR count). The summed E-state index contributed by atoms with van der Waals surface area (Å²) in [4.78, 5) is 3.89. The van der Waals surface area contributed by atoms with E-state index < -0.39 is 11.9 Å². The minimum Gasteiger partial charge on any atom is -0.436 e. The minimum atomic E-state index is -4.46. The lowest BCUT2D eigenvalue weighted by Crippen LogP contribution is -2.08. The van der Waals surface area contributed by atoms with E-state index in [-0.39, 0.29) is 23.4 Å². The Kier molecular flexibility index (Phi) is 3.11. The van der Waals surface area contributed by atoms with E-state index in [1.54, 1.807) is 27.7 Å². The third kappa shape index (κ3) is 2.52. The van der Waals surface area contributed by atoms with Crippen LogP contribution in [0.25, 0.3) is 0 Å². The van der Waals surface area contributed by atoms with Crippen LogP contribution in [0, 0.1) is 0 Å². The number of aromatic nitrogens is 1. The second kappa shape index (κ2) is 3.87. The highest BCUT2D eigenvalue weighted by Crippen LogP contribution is 2.36. The lowest BCUT2D eigenvalue weighted by Gasteiger charge is -2.06. The van der Waals surface area contributed by atoms with Gasteiger partial charge in [-0.3, -0.25) is 0 Å². The Morgan fingerprint density at radius 1 is 1.07 bits per heavy atom. The van der Waals surface area contributed by atoms with E-state index in [9.17, 15) is 13.2 Å². The van der Waals surface area contributed by atoms with Crippen molar-refractivity contribution in [2.75, 3.05) is 0 Å². The van der Waals surface area contributed by atoms with Crippen LogP contribution in [0.1, 0.15) is 56.9 Å². The zero-order valence-corrected chi connectivity index (χ0v) is 9.14. The summed E-state index contributed by atoms with van der Waals surface area (Å²) in [5, 5.41) is 0. The van der Waals surface area contributed by atoms with Gasteiger partial charge in [0.1, 0.15) is 0 Å². The first-order valence-electron chi connectivity index (χ1n) is 4.81. The Morgan fingerprint density at radius 3 is 1.87 bits per heavy atom. The molecule has 0 aromatic carbocycles. The highest BCUT2D eigenvalue weighted by atomic mass is 19.4. The zero-order chi connectivity index (χ0) is 11.8. The van der Waals surface area contributed by atoms with Crippen molar-refractivity contribution >= 4 is 0 Å². The molecule has 0 bridgehead atoms. The predicted octanol–water partition coefficient (Wildman–Crippen LogP) is 3.94. The van der Waals surface area contributed by atoms with E-state index in [0.29, 0.717) is 0 Å². The fourth-order valence-corrected chi connectivity index (χ4v) is 1.19. The maximum atomic E-state index is 12.6. The monoisotopic (exact) mass is 221 g/mol.